The van der Waals surface area contributed by atoms with Crippen LogP contribution >= 0.6 is 12.2 Å². The molecule has 1 unspecified atom stereocenters. The van der Waals surface area contributed by atoms with Crippen LogP contribution < -0.4 is 5.73 Å². The maximum absolute atomic E-state index is 5.57. The molecule has 0 spiro atoms. The molecule has 0 rings (SSSR count). The molecule has 0 aliphatic rings. The van der Waals surface area contributed by atoms with Gasteiger partial charge < -0.3 is 10.5 Å². The van der Waals surface area contributed by atoms with E-state index in [0.29, 0.717) is 5.05 Å². The summed E-state index contributed by atoms with van der Waals surface area (Å²) in [5.41, 5.74) is 5.57. The second kappa shape index (κ2) is 4.70. The molecule has 0 aliphatic heterocycles. The van der Waals surface area contributed by atoms with Crippen molar-refractivity contribution in [3.05, 3.63) is 0 Å². The lowest BCUT2D eigenvalue weighted by molar-refractivity contribution is 0.390. The number of nitrogens with two attached hydrogens (primary N) is 1. The fraction of sp³-hybridized carbons (Fsp3) is 0.833. The van der Waals surface area contributed by atoms with Gasteiger partial charge in [-0.2, -0.15) is 0 Å². The van der Waals surface area contributed by atoms with Crippen molar-refractivity contribution >= 4 is 17.3 Å². The molecule has 0 aromatic carbocycles. The Balaban J connectivity index is 3.45. The molecule has 0 aliphatic carbocycles. The number of thiocarbonyl (C=S) groups is 1. The van der Waals surface area contributed by atoms with Gasteiger partial charge in [0.1, 0.15) is 0 Å². The van der Waals surface area contributed by atoms with Gasteiger partial charge in [-0.3, -0.25) is 0 Å². The van der Waals surface area contributed by atoms with Gasteiger partial charge in [-0.05, 0) is 18.6 Å². The van der Waals surface area contributed by atoms with E-state index in [-0.39, 0.29) is 6.04 Å². The molecule has 9 heavy (non-hydrogen) atoms. The van der Waals surface area contributed by atoms with Crippen molar-refractivity contribution < 1.29 is 4.74 Å². The summed E-state index contributed by atoms with van der Waals surface area (Å²) < 4.78 is 4.77. The topological polar surface area (TPSA) is 35.2 Å². The van der Waals surface area contributed by atoms with Crippen molar-refractivity contribution in [2.75, 3.05) is 7.11 Å². The minimum Gasteiger partial charge on any atom is -0.489 e. The molecule has 0 heterocycles. The van der Waals surface area contributed by atoms with Crippen LogP contribution in [0.4, 0.5) is 0 Å². The molecule has 0 aromatic rings. The third-order valence-corrected chi connectivity index (χ3v) is 1.57. The van der Waals surface area contributed by atoms with E-state index >= 15 is 0 Å². The van der Waals surface area contributed by atoms with Gasteiger partial charge in [0.05, 0.1) is 13.2 Å². The molecule has 2 N–H and O–H groups in total. The number of methoxy groups -OCH3 is 1. The van der Waals surface area contributed by atoms with Crippen LogP contribution in [-0.2, 0) is 4.74 Å². The van der Waals surface area contributed by atoms with Crippen molar-refractivity contribution in [3.8, 4) is 0 Å². The third kappa shape index (κ3) is 3.43. The summed E-state index contributed by atoms with van der Waals surface area (Å²) in [5.74, 6) is 0. The van der Waals surface area contributed by atoms with Gasteiger partial charge in [-0.1, -0.05) is 13.3 Å². The minimum atomic E-state index is -0.0602. The van der Waals surface area contributed by atoms with E-state index in [0.717, 1.165) is 12.8 Å². The molecule has 0 saturated heterocycles. The normalized spacial score (nSPS) is 12.8. The fourth-order valence-corrected chi connectivity index (χ4v) is 0.698. The monoisotopic (exact) mass is 147 g/mol. The van der Waals surface area contributed by atoms with Gasteiger partial charge >= 0.3 is 0 Å². The van der Waals surface area contributed by atoms with E-state index < -0.39 is 0 Å². The van der Waals surface area contributed by atoms with Gasteiger partial charge in [0.25, 0.3) is 0 Å². The highest BCUT2D eigenvalue weighted by Crippen LogP contribution is 1.96. The Bertz CT molecular complexity index is 95.1. The van der Waals surface area contributed by atoms with E-state index in [1.807, 2.05) is 0 Å². The smallest absolute Gasteiger partial charge is 0.176 e. The Morgan fingerprint density at radius 1 is 1.78 bits per heavy atom. The molecule has 2 nitrogen and oxygen atoms in total. The number of rotatable bonds is 3. The predicted molar refractivity (Wildman–Crippen MR) is 42.5 cm³/mol. The lowest BCUT2D eigenvalue weighted by Gasteiger charge is -2.08. The SMILES string of the molecule is CCCC(N)C(=S)OC. The zero-order chi connectivity index (χ0) is 7.28. The molecule has 1 atom stereocenters. The quantitative estimate of drug-likeness (QED) is 0.607. The molecule has 0 amide bonds. The van der Waals surface area contributed by atoms with Crippen LogP contribution in [0.2, 0.25) is 0 Å². The first-order valence-electron chi connectivity index (χ1n) is 3.05. The first kappa shape index (κ1) is 8.85. The van der Waals surface area contributed by atoms with E-state index in [2.05, 4.69) is 6.92 Å². The Morgan fingerprint density at radius 2 is 2.33 bits per heavy atom. The molecular weight excluding hydrogens is 134 g/mol. The minimum absolute atomic E-state index is 0.0602. The lowest BCUT2D eigenvalue weighted by atomic mass is 10.2. The molecule has 0 aromatic heterocycles. The van der Waals surface area contributed by atoms with Crippen LogP contribution in [-0.4, -0.2) is 18.2 Å². The Morgan fingerprint density at radius 3 is 2.67 bits per heavy atom. The molecule has 0 fully saturated rings. The summed E-state index contributed by atoms with van der Waals surface area (Å²) in [6.07, 6.45) is 1.96. The van der Waals surface area contributed by atoms with Crippen molar-refractivity contribution in [2.24, 2.45) is 5.73 Å². The lowest BCUT2D eigenvalue weighted by Crippen LogP contribution is -2.29. The highest BCUT2D eigenvalue weighted by molar-refractivity contribution is 7.80. The summed E-state index contributed by atoms with van der Waals surface area (Å²) >= 11 is 4.80. The summed E-state index contributed by atoms with van der Waals surface area (Å²) in [5, 5.41) is 0.511. The fourth-order valence-electron chi connectivity index (χ4n) is 0.580. The Kier molecular flexibility index (Phi) is 4.62. The molecule has 54 valence electrons. The zero-order valence-corrected chi connectivity index (χ0v) is 6.70. The number of hydrogen-bond acceptors (Lipinski definition) is 3. The third-order valence-electron chi connectivity index (χ3n) is 1.10. The predicted octanol–water partition coefficient (Wildman–Crippen LogP) is 1.09. The maximum Gasteiger partial charge on any atom is 0.176 e. The van der Waals surface area contributed by atoms with Crippen LogP contribution in [0, 0.1) is 0 Å². The molecule has 0 bridgehead atoms. The van der Waals surface area contributed by atoms with E-state index in [9.17, 15) is 0 Å². The van der Waals surface area contributed by atoms with E-state index in [1.165, 1.54) is 0 Å². The summed E-state index contributed by atoms with van der Waals surface area (Å²) in [6.45, 7) is 2.07. The van der Waals surface area contributed by atoms with Crippen molar-refractivity contribution in [2.45, 2.75) is 25.8 Å². The number of ether oxygens (including phenoxy) is 1. The van der Waals surface area contributed by atoms with E-state index in [1.54, 1.807) is 7.11 Å². The van der Waals surface area contributed by atoms with E-state index in [4.69, 9.17) is 22.7 Å². The van der Waals surface area contributed by atoms with Gasteiger partial charge in [0.15, 0.2) is 5.05 Å². The Hall–Kier alpha value is -0.150. The van der Waals surface area contributed by atoms with Crippen LogP contribution in [0.15, 0.2) is 0 Å². The zero-order valence-electron chi connectivity index (χ0n) is 5.89. The second-order valence-corrected chi connectivity index (χ2v) is 2.32. The molecule has 0 saturated carbocycles. The van der Waals surface area contributed by atoms with Crippen molar-refractivity contribution in [1.29, 1.82) is 0 Å². The van der Waals surface area contributed by atoms with Crippen molar-refractivity contribution in [3.63, 3.8) is 0 Å². The molecule has 3 heteroatoms. The van der Waals surface area contributed by atoms with Gasteiger partial charge in [0.2, 0.25) is 0 Å². The highest BCUT2D eigenvalue weighted by atomic mass is 32.1. The van der Waals surface area contributed by atoms with Gasteiger partial charge in [0, 0.05) is 0 Å². The van der Waals surface area contributed by atoms with Gasteiger partial charge in [-0.25, -0.2) is 0 Å². The second-order valence-electron chi connectivity index (χ2n) is 1.92. The first-order chi connectivity index (χ1) is 4.22. The summed E-state index contributed by atoms with van der Waals surface area (Å²) in [7, 11) is 1.55. The Labute approximate surface area is 61.4 Å². The van der Waals surface area contributed by atoms with Crippen LogP contribution in [0.3, 0.4) is 0 Å². The molecular formula is C6H13NOS. The van der Waals surface area contributed by atoms with Crippen LogP contribution in [0.1, 0.15) is 19.8 Å². The summed E-state index contributed by atoms with van der Waals surface area (Å²) in [6, 6.07) is -0.0602. The average Bonchev–Trinajstić information content (AvgIpc) is 1.87. The molecule has 0 radical (unpaired) electrons. The van der Waals surface area contributed by atoms with Crippen molar-refractivity contribution in [1.82, 2.24) is 0 Å². The standard InChI is InChI=1S/C6H13NOS/c1-3-4-5(7)6(9)8-2/h5H,3-4,7H2,1-2H3. The van der Waals surface area contributed by atoms with Crippen LogP contribution in [0.25, 0.3) is 0 Å². The number of hydrogen-bond donors (Lipinski definition) is 1. The van der Waals surface area contributed by atoms with Crippen LogP contribution in [0.5, 0.6) is 0 Å². The average molecular weight is 147 g/mol. The largest absolute Gasteiger partial charge is 0.489 e. The van der Waals surface area contributed by atoms with Gasteiger partial charge in [-0.15, -0.1) is 0 Å². The first-order valence-corrected chi connectivity index (χ1v) is 3.46. The highest BCUT2D eigenvalue weighted by Gasteiger charge is 2.05. The maximum atomic E-state index is 5.57. The summed E-state index contributed by atoms with van der Waals surface area (Å²) in [4.78, 5) is 0.